The molecular weight excluding hydrogens is 443 g/mol. The SMILES string of the molecule is N#Cc1nn(-c2c(Cl)cc(C(F)(F)F)cc2Cl)c(N)c1I. The Hall–Kier alpha value is -1.18. The fraction of sp³-hybridized carbons (Fsp3) is 0.0909. The third-order valence-corrected chi connectivity index (χ3v) is 4.16. The van der Waals surface area contributed by atoms with Crippen molar-refractivity contribution in [3.8, 4) is 11.8 Å². The largest absolute Gasteiger partial charge is 0.416 e. The van der Waals surface area contributed by atoms with E-state index in [1.807, 2.05) is 6.07 Å². The molecule has 2 N–H and O–H groups in total. The second-order valence-electron chi connectivity index (χ2n) is 3.86. The van der Waals surface area contributed by atoms with Gasteiger partial charge in [0.05, 0.1) is 19.2 Å². The van der Waals surface area contributed by atoms with Gasteiger partial charge >= 0.3 is 6.18 Å². The molecule has 21 heavy (non-hydrogen) atoms. The Labute approximate surface area is 140 Å². The highest BCUT2D eigenvalue weighted by atomic mass is 127. The average molecular weight is 447 g/mol. The molecule has 4 nitrogen and oxygen atoms in total. The summed E-state index contributed by atoms with van der Waals surface area (Å²) in [5.41, 5.74) is 4.81. The van der Waals surface area contributed by atoms with E-state index >= 15 is 0 Å². The van der Waals surface area contributed by atoms with Crippen LogP contribution in [0.2, 0.25) is 10.0 Å². The van der Waals surface area contributed by atoms with Gasteiger partial charge in [-0.15, -0.1) is 0 Å². The zero-order valence-electron chi connectivity index (χ0n) is 9.84. The maximum absolute atomic E-state index is 12.7. The fourth-order valence-electron chi connectivity index (χ4n) is 1.59. The Morgan fingerprint density at radius 1 is 1.29 bits per heavy atom. The van der Waals surface area contributed by atoms with Gasteiger partial charge in [0.2, 0.25) is 0 Å². The van der Waals surface area contributed by atoms with E-state index in [-0.39, 0.29) is 27.2 Å². The summed E-state index contributed by atoms with van der Waals surface area (Å²) in [6.07, 6.45) is -4.58. The summed E-state index contributed by atoms with van der Waals surface area (Å²) in [5.74, 6) is 0.0655. The first-order chi connectivity index (χ1) is 9.66. The molecular formula is C11H4Cl2F3IN4. The molecule has 0 fully saturated rings. The number of benzene rings is 1. The van der Waals surface area contributed by atoms with Crippen LogP contribution in [0.15, 0.2) is 12.1 Å². The molecule has 10 heteroatoms. The number of hydrogen-bond acceptors (Lipinski definition) is 3. The lowest BCUT2D eigenvalue weighted by Crippen LogP contribution is -2.08. The molecule has 0 atom stereocenters. The highest BCUT2D eigenvalue weighted by molar-refractivity contribution is 14.1. The van der Waals surface area contributed by atoms with Gasteiger partial charge in [-0.25, -0.2) is 4.68 Å². The van der Waals surface area contributed by atoms with E-state index in [2.05, 4.69) is 5.10 Å². The molecule has 110 valence electrons. The van der Waals surface area contributed by atoms with Gasteiger partial charge in [0.25, 0.3) is 0 Å². The molecule has 0 unspecified atom stereocenters. The van der Waals surface area contributed by atoms with Crippen molar-refractivity contribution in [2.45, 2.75) is 6.18 Å². The first kappa shape index (κ1) is 16.2. The summed E-state index contributed by atoms with van der Waals surface area (Å²) in [7, 11) is 0. The van der Waals surface area contributed by atoms with Crippen molar-refractivity contribution in [2.75, 3.05) is 5.73 Å². The lowest BCUT2D eigenvalue weighted by Gasteiger charge is -2.13. The van der Waals surface area contributed by atoms with Gasteiger partial charge in [-0.1, -0.05) is 23.2 Å². The van der Waals surface area contributed by atoms with Crippen LogP contribution in [0, 0.1) is 14.9 Å². The lowest BCUT2D eigenvalue weighted by molar-refractivity contribution is -0.137. The second-order valence-corrected chi connectivity index (χ2v) is 5.75. The van der Waals surface area contributed by atoms with Crippen molar-refractivity contribution < 1.29 is 13.2 Å². The number of halogens is 6. The van der Waals surface area contributed by atoms with E-state index in [9.17, 15) is 13.2 Å². The summed E-state index contributed by atoms with van der Waals surface area (Å²) in [6.45, 7) is 0. The summed E-state index contributed by atoms with van der Waals surface area (Å²) >= 11 is 13.5. The van der Waals surface area contributed by atoms with Crippen LogP contribution in [0.4, 0.5) is 19.0 Å². The Balaban J connectivity index is 2.70. The number of anilines is 1. The fourth-order valence-corrected chi connectivity index (χ4v) is 2.69. The van der Waals surface area contributed by atoms with Crippen LogP contribution >= 0.6 is 45.8 Å². The van der Waals surface area contributed by atoms with Crippen LogP contribution in [0.3, 0.4) is 0 Å². The van der Waals surface area contributed by atoms with Crippen LogP contribution < -0.4 is 5.73 Å². The van der Waals surface area contributed by atoms with Crippen LogP contribution in [0.5, 0.6) is 0 Å². The van der Waals surface area contributed by atoms with Crippen molar-refractivity contribution in [2.24, 2.45) is 0 Å². The minimum Gasteiger partial charge on any atom is -0.383 e. The van der Waals surface area contributed by atoms with Gasteiger partial charge in [-0.3, -0.25) is 0 Å². The average Bonchev–Trinajstić information content (AvgIpc) is 2.65. The minimum atomic E-state index is -4.58. The summed E-state index contributed by atoms with van der Waals surface area (Å²) in [4.78, 5) is 0. The molecule has 0 amide bonds. The van der Waals surface area contributed by atoms with E-state index in [0.29, 0.717) is 3.57 Å². The second kappa shape index (κ2) is 5.55. The maximum atomic E-state index is 12.7. The first-order valence-electron chi connectivity index (χ1n) is 5.17. The Morgan fingerprint density at radius 2 is 1.81 bits per heavy atom. The molecule has 1 aromatic carbocycles. The molecule has 1 heterocycles. The molecule has 2 aromatic rings. The van der Waals surface area contributed by atoms with Crippen LogP contribution in [0.1, 0.15) is 11.3 Å². The molecule has 1 aromatic heterocycles. The normalized spacial score (nSPS) is 11.5. The number of aromatic nitrogens is 2. The summed E-state index contributed by atoms with van der Waals surface area (Å²) in [6, 6.07) is 3.27. The highest BCUT2D eigenvalue weighted by Crippen LogP contribution is 2.38. The first-order valence-corrected chi connectivity index (χ1v) is 7.01. The predicted molar refractivity (Wildman–Crippen MR) is 80.4 cm³/mol. The molecule has 0 radical (unpaired) electrons. The number of nitrogen functional groups attached to an aromatic ring is 1. The molecule has 0 aliphatic carbocycles. The smallest absolute Gasteiger partial charge is 0.383 e. The van der Waals surface area contributed by atoms with E-state index in [0.717, 1.165) is 16.8 Å². The topological polar surface area (TPSA) is 67.6 Å². The highest BCUT2D eigenvalue weighted by Gasteiger charge is 2.32. The van der Waals surface area contributed by atoms with Crippen molar-refractivity contribution in [1.82, 2.24) is 9.78 Å². The maximum Gasteiger partial charge on any atom is 0.416 e. The van der Waals surface area contributed by atoms with E-state index in [4.69, 9.17) is 34.2 Å². The Bertz CT molecular complexity index is 741. The standard InChI is InChI=1S/C11H4Cl2F3IN4/c12-5-1-4(11(14,15)16)2-6(13)9(5)21-10(19)8(17)7(3-18)20-21/h1-2H,19H2. The minimum absolute atomic E-state index is 0.0109. The zero-order valence-corrected chi connectivity index (χ0v) is 13.5. The molecule has 0 bridgehead atoms. The van der Waals surface area contributed by atoms with Crippen molar-refractivity contribution in [3.05, 3.63) is 37.0 Å². The van der Waals surface area contributed by atoms with E-state index < -0.39 is 11.7 Å². The van der Waals surface area contributed by atoms with E-state index in [1.54, 1.807) is 22.6 Å². The van der Waals surface area contributed by atoms with Crippen LogP contribution in [-0.4, -0.2) is 9.78 Å². The molecule has 0 saturated carbocycles. The van der Waals surface area contributed by atoms with Crippen molar-refractivity contribution >= 4 is 51.6 Å². The van der Waals surface area contributed by atoms with E-state index in [1.165, 1.54) is 0 Å². The molecule has 0 saturated heterocycles. The number of nitriles is 1. The summed E-state index contributed by atoms with van der Waals surface area (Å²) < 4.78 is 39.4. The number of nitrogens with zero attached hydrogens (tertiary/aromatic N) is 3. The third kappa shape index (κ3) is 2.90. The molecule has 0 aliphatic heterocycles. The quantitative estimate of drug-likeness (QED) is 0.665. The van der Waals surface area contributed by atoms with Crippen molar-refractivity contribution in [1.29, 1.82) is 5.26 Å². The van der Waals surface area contributed by atoms with Crippen LogP contribution in [-0.2, 0) is 6.18 Å². The van der Waals surface area contributed by atoms with Gasteiger partial charge in [-0.2, -0.15) is 23.5 Å². The Morgan fingerprint density at radius 3 is 2.19 bits per heavy atom. The van der Waals surface area contributed by atoms with Gasteiger partial charge in [0.1, 0.15) is 17.6 Å². The summed E-state index contributed by atoms with van der Waals surface area (Å²) in [5, 5.41) is 12.2. The third-order valence-electron chi connectivity index (χ3n) is 2.52. The van der Waals surface area contributed by atoms with Gasteiger partial charge in [0.15, 0.2) is 5.69 Å². The van der Waals surface area contributed by atoms with Gasteiger partial charge < -0.3 is 5.73 Å². The molecule has 0 spiro atoms. The number of nitrogens with two attached hydrogens (primary N) is 1. The predicted octanol–water partition coefficient (Wildman–Crippen LogP) is 4.26. The van der Waals surface area contributed by atoms with Crippen molar-refractivity contribution in [3.63, 3.8) is 0 Å². The number of alkyl halides is 3. The van der Waals surface area contributed by atoms with Gasteiger partial charge in [-0.05, 0) is 34.7 Å². The molecule has 0 aliphatic rings. The number of hydrogen-bond donors (Lipinski definition) is 1. The van der Waals surface area contributed by atoms with Gasteiger partial charge in [0, 0.05) is 0 Å². The number of rotatable bonds is 1. The zero-order chi connectivity index (χ0) is 15.9. The van der Waals surface area contributed by atoms with Crippen LogP contribution in [0.25, 0.3) is 5.69 Å². The molecule has 2 rings (SSSR count). The Kier molecular flexibility index (Phi) is 4.28. The lowest BCUT2D eigenvalue weighted by atomic mass is 10.2. The monoisotopic (exact) mass is 446 g/mol.